The molecule has 0 radical (unpaired) electrons. The fourth-order valence-electron chi connectivity index (χ4n) is 2.05. The summed E-state index contributed by atoms with van der Waals surface area (Å²) in [4.78, 5) is 0. The number of allylic oxidation sites excluding steroid dienone is 7. The van der Waals surface area contributed by atoms with Crippen LogP contribution in [0.5, 0.6) is 5.75 Å². The molecule has 1 aromatic carbocycles. The molecule has 0 amide bonds. The Morgan fingerprint density at radius 3 is 2.86 bits per heavy atom. The van der Waals surface area contributed by atoms with Gasteiger partial charge in [-0.15, -0.1) is 0 Å². The Morgan fingerprint density at radius 2 is 2.10 bits per heavy atom. The van der Waals surface area contributed by atoms with Gasteiger partial charge in [0.25, 0.3) is 0 Å². The first-order chi connectivity index (χ1) is 10.1. The van der Waals surface area contributed by atoms with Gasteiger partial charge in [0.05, 0.1) is 12.8 Å². The Labute approximate surface area is 124 Å². The second-order valence-corrected chi connectivity index (χ2v) is 4.68. The van der Waals surface area contributed by atoms with Crippen LogP contribution in [0.3, 0.4) is 0 Å². The molecule has 0 saturated heterocycles. The molecule has 0 aromatic heterocycles. The normalized spacial score (nSPS) is 14.5. The van der Waals surface area contributed by atoms with E-state index in [0.717, 1.165) is 5.57 Å². The van der Waals surface area contributed by atoms with Gasteiger partial charge in [0, 0.05) is 16.9 Å². The molecule has 21 heavy (non-hydrogen) atoms. The van der Waals surface area contributed by atoms with E-state index in [-0.39, 0.29) is 0 Å². The van der Waals surface area contributed by atoms with Crippen molar-refractivity contribution in [3.8, 4) is 5.75 Å². The molecule has 108 valence electrons. The predicted octanol–water partition coefficient (Wildman–Crippen LogP) is 3.04. The van der Waals surface area contributed by atoms with Crippen molar-refractivity contribution >= 4 is 17.1 Å². The number of methoxy groups -OCH3 is 1. The van der Waals surface area contributed by atoms with Gasteiger partial charge in [0.1, 0.15) is 5.75 Å². The lowest BCUT2D eigenvalue weighted by Gasteiger charge is -2.10. The van der Waals surface area contributed by atoms with E-state index in [4.69, 9.17) is 21.6 Å². The fourth-order valence-corrected chi connectivity index (χ4v) is 2.05. The summed E-state index contributed by atoms with van der Waals surface area (Å²) in [6, 6.07) is 5.27. The molecule has 1 aliphatic carbocycles. The Hall–Kier alpha value is -2.75. The fraction of sp³-hybridized carbons (Fsp3) is 0.118. The van der Waals surface area contributed by atoms with Gasteiger partial charge in [-0.2, -0.15) is 0 Å². The highest BCUT2D eigenvalue weighted by molar-refractivity contribution is 6.10. The average Bonchev–Trinajstić information content (AvgIpc) is 2.76. The first-order valence-electron chi connectivity index (χ1n) is 6.64. The molecule has 0 saturated carbocycles. The lowest BCUT2D eigenvalue weighted by molar-refractivity contribution is 0.413. The molecule has 0 unspecified atom stereocenters. The standard InChI is InChI=1S/C17H19N3O/c1-21-17-9-8-13(18)10-14(17)16(20)11-15(19)12-6-4-2-3-5-7-12/h2-6,8-11,19H,7,18,20H2,1H3/b16-11-,19-15?. The van der Waals surface area contributed by atoms with Crippen molar-refractivity contribution in [2.45, 2.75) is 6.42 Å². The molecule has 1 aromatic rings. The summed E-state index contributed by atoms with van der Waals surface area (Å²) in [6.45, 7) is 0. The highest BCUT2D eigenvalue weighted by Crippen LogP contribution is 2.26. The van der Waals surface area contributed by atoms with Gasteiger partial charge in [0.2, 0.25) is 0 Å². The minimum atomic E-state index is 0.383. The van der Waals surface area contributed by atoms with Crippen LogP contribution in [0.15, 0.2) is 60.2 Å². The third kappa shape index (κ3) is 3.63. The molecule has 0 spiro atoms. The van der Waals surface area contributed by atoms with Crippen molar-refractivity contribution in [2.75, 3.05) is 12.8 Å². The molecule has 0 heterocycles. The van der Waals surface area contributed by atoms with E-state index in [1.807, 2.05) is 30.4 Å². The van der Waals surface area contributed by atoms with Crippen LogP contribution >= 0.6 is 0 Å². The lowest BCUT2D eigenvalue weighted by atomic mass is 10.0. The summed E-state index contributed by atoms with van der Waals surface area (Å²) in [6.07, 6.45) is 12.1. The predicted molar refractivity (Wildman–Crippen MR) is 88.3 cm³/mol. The van der Waals surface area contributed by atoms with Gasteiger partial charge in [-0.3, -0.25) is 0 Å². The third-order valence-electron chi connectivity index (χ3n) is 3.17. The van der Waals surface area contributed by atoms with E-state index in [1.165, 1.54) is 0 Å². The Balaban J connectivity index is 2.30. The second-order valence-electron chi connectivity index (χ2n) is 4.68. The molecular formula is C17H19N3O. The molecule has 1 aliphatic rings. The molecule has 0 aliphatic heterocycles. The highest BCUT2D eigenvalue weighted by atomic mass is 16.5. The number of anilines is 1. The van der Waals surface area contributed by atoms with Crippen LogP contribution in [0.25, 0.3) is 5.70 Å². The topological polar surface area (TPSA) is 85.1 Å². The first kappa shape index (κ1) is 14.7. The number of ether oxygens (including phenoxy) is 1. The van der Waals surface area contributed by atoms with E-state index in [9.17, 15) is 0 Å². The molecule has 5 N–H and O–H groups in total. The van der Waals surface area contributed by atoms with Crippen LogP contribution in [0, 0.1) is 5.41 Å². The van der Waals surface area contributed by atoms with E-state index in [2.05, 4.69) is 0 Å². The Bertz CT molecular complexity index is 667. The van der Waals surface area contributed by atoms with Gasteiger partial charge in [-0.05, 0) is 36.3 Å². The third-order valence-corrected chi connectivity index (χ3v) is 3.17. The second kappa shape index (κ2) is 6.61. The van der Waals surface area contributed by atoms with Crippen molar-refractivity contribution in [1.29, 1.82) is 5.41 Å². The van der Waals surface area contributed by atoms with Crippen molar-refractivity contribution in [2.24, 2.45) is 5.73 Å². The zero-order valence-corrected chi connectivity index (χ0v) is 12.0. The van der Waals surface area contributed by atoms with Gasteiger partial charge in [-0.1, -0.05) is 30.4 Å². The lowest BCUT2D eigenvalue weighted by Crippen LogP contribution is -2.05. The van der Waals surface area contributed by atoms with Crippen molar-refractivity contribution in [3.05, 3.63) is 65.8 Å². The maximum atomic E-state index is 8.18. The monoisotopic (exact) mass is 281 g/mol. The Kier molecular flexibility index (Phi) is 4.61. The van der Waals surface area contributed by atoms with E-state index >= 15 is 0 Å². The zero-order chi connectivity index (χ0) is 15.2. The van der Waals surface area contributed by atoms with Crippen LogP contribution in [0.2, 0.25) is 0 Å². The van der Waals surface area contributed by atoms with Gasteiger partial charge in [-0.25, -0.2) is 0 Å². The maximum Gasteiger partial charge on any atom is 0.128 e. The molecular weight excluding hydrogens is 262 g/mol. The average molecular weight is 281 g/mol. The molecule has 0 bridgehead atoms. The number of nitrogens with one attached hydrogen (secondary N) is 1. The summed E-state index contributed by atoms with van der Waals surface area (Å²) in [5.41, 5.74) is 15.0. The van der Waals surface area contributed by atoms with E-state index in [0.29, 0.717) is 34.8 Å². The summed E-state index contributed by atoms with van der Waals surface area (Å²) < 4.78 is 5.28. The number of nitrogens with two attached hydrogens (primary N) is 2. The van der Waals surface area contributed by atoms with E-state index < -0.39 is 0 Å². The maximum absolute atomic E-state index is 8.18. The number of rotatable bonds is 4. The minimum absolute atomic E-state index is 0.383. The van der Waals surface area contributed by atoms with Gasteiger partial charge >= 0.3 is 0 Å². The van der Waals surface area contributed by atoms with Crippen LogP contribution < -0.4 is 16.2 Å². The summed E-state index contributed by atoms with van der Waals surface area (Å²) in [5, 5.41) is 8.18. The summed E-state index contributed by atoms with van der Waals surface area (Å²) in [5.74, 6) is 0.639. The number of hydrogen-bond acceptors (Lipinski definition) is 4. The van der Waals surface area contributed by atoms with Crippen LogP contribution in [-0.2, 0) is 0 Å². The number of benzene rings is 1. The SMILES string of the molecule is COc1ccc(N)cc1/C(N)=C/C(=N)C1=CC=CC=CC1. The Morgan fingerprint density at radius 1 is 1.29 bits per heavy atom. The summed E-state index contributed by atoms with van der Waals surface area (Å²) >= 11 is 0. The molecule has 4 nitrogen and oxygen atoms in total. The molecule has 0 fully saturated rings. The highest BCUT2D eigenvalue weighted by Gasteiger charge is 2.09. The van der Waals surface area contributed by atoms with Gasteiger partial charge in [0.15, 0.2) is 0 Å². The van der Waals surface area contributed by atoms with Crippen LogP contribution in [0.1, 0.15) is 12.0 Å². The summed E-state index contributed by atoms with van der Waals surface area (Å²) in [7, 11) is 1.58. The molecule has 2 rings (SSSR count). The quantitative estimate of drug-likeness (QED) is 0.585. The number of nitrogen functional groups attached to an aromatic ring is 1. The first-order valence-corrected chi connectivity index (χ1v) is 6.64. The van der Waals surface area contributed by atoms with Crippen LogP contribution in [-0.4, -0.2) is 12.8 Å². The van der Waals surface area contributed by atoms with Crippen molar-refractivity contribution in [3.63, 3.8) is 0 Å². The zero-order valence-electron chi connectivity index (χ0n) is 12.0. The minimum Gasteiger partial charge on any atom is -0.496 e. The molecule has 4 heteroatoms. The van der Waals surface area contributed by atoms with Gasteiger partial charge < -0.3 is 21.6 Å². The van der Waals surface area contributed by atoms with Crippen LogP contribution in [0.4, 0.5) is 5.69 Å². The number of hydrogen-bond donors (Lipinski definition) is 3. The largest absolute Gasteiger partial charge is 0.496 e. The van der Waals surface area contributed by atoms with Crippen molar-refractivity contribution in [1.82, 2.24) is 0 Å². The van der Waals surface area contributed by atoms with E-state index in [1.54, 1.807) is 31.4 Å². The van der Waals surface area contributed by atoms with Crippen molar-refractivity contribution < 1.29 is 4.74 Å². The smallest absolute Gasteiger partial charge is 0.128 e. The molecule has 0 atom stereocenters.